The summed E-state index contributed by atoms with van der Waals surface area (Å²) in [5.74, 6) is -2.53. The summed E-state index contributed by atoms with van der Waals surface area (Å²) in [5, 5.41) is 0. The Bertz CT molecular complexity index is 1930. The third-order valence-electron chi connectivity index (χ3n) is 6.47. The van der Waals surface area contributed by atoms with Crippen molar-refractivity contribution in [2.75, 3.05) is 0 Å². The first-order valence-electron chi connectivity index (χ1n) is 12.5. The molecule has 10 heteroatoms. The predicted molar refractivity (Wildman–Crippen MR) is 155 cm³/mol. The molecule has 41 heavy (non-hydrogen) atoms. The Balaban J connectivity index is 1.84. The lowest BCUT2D eigenvalue weighted by atomic mass is 9.97. The van der Waals surface area contributed by atoms with E-state index in [0.29, 0.717) is 4.31 Å². The van der Waals surface area contributed by atoms with Gasteiger partial charge in [-0.15, -0.1) is 0 Å². The highest BCUT2D eigenvalue weighted by Gasteiger charge is 2.48. The van der Waals surface area contributed by atoms with E-state index in [0.717, 1.165) is 11.1 Å². The van der Waals surface area contributed by atoms with Crippen LogP contribution >= 0.6 is 0 Å². The molecule has 0 radical (unpaired) electrons. The van der Waals surface area contributed by atoms with Gasteiger partial charge in [0.2, 0.25) is 0 Å². The molecule has 0 N–H and O–H groups in total. The number of hydrogen-bond acceptors (Lipinski definition) is 6. The van der Waals surface area contributed by atoms with Crippen LogP contribution in [0.3, 0.4) is 0 Å². The topological polar surface area (TPSA) is 118 Å². The summed E-state index contributed by atoms with van der Waals surface area (Å²) in [6.45, 7) is 3.59. The molecule has 0 fully saturated rings. The SMILES string of the molecule is Cc1ccc(S(=O)(=O)N=C(C2=C(c3ccccc3)N(S(=O)(=O)c3ccc(C)cc3)C(=O)C2=O)c2ccccc2)cc1. The van der Waals surface area contributed by atoms with Gasteiger partial charge < -0.3 is 0 Å². The van der Waals surface area contributed by atoms with Crippen molar-refractivity contribution in [2.24, 2.45) is 4.40 Å². The molecule has 0 aromatic heterocycles. The van der Waals surface area contributed by atoms with E-state index in [9.17, 15) is 26.4 Å². The highest BCUT2D eigenvalue weighted by Crippen LogP contribution is 2.37. The van der Waals surface area contributed by atoms with Gasteiger partial charge in [0.05, 0.1) is 26.8 Å². The van der Waals surface area contributed by atoms with Crippen molar-refractivity contribution in [3.8, 4) is 0 Å². The van der Waals surface area contributed by atoms with Crippen LogP contribution in [0.2, 0.25) is 0 Å². The average molecular weight is 585 g/mol. The molecule has 206 valence electrons. The summed E-state index contributed by atoms with van der Waals surface area (Å²) in [6, 6.07) is 27.8. The Morgan fingerprint density at radius 1 is 0.634 bits per heavy atom. The maximum Gasteiger partial charge on any atom is 0.313 e. The molecule has 0 saturated carbocycles. The molecular formula is C31H24N2O6S2. The smallest absolute Gasteiger partial charge is 0.283 e. The van der Waals surface area contributed by atoms with E-state index >= 15 is 0 Å². The summed E-state index contributed by atoms with van der Waals surface area (Å²) in [7, 11) is -8.98. The molecular weight excluding hydrogens is 560 g/mol. The third-order valence-corrected chi connectivity index (χ3v) is 9.45. The van der Waals surface area contributed by atoms with Gasteiger partial charge in [-0.3, -0.25) is 9.59 Å². The van der Waals surface area contributed by atoms with Crippen LogP contribution in [-0.4, -0.2) is 38.5 Å². The average Bonchev–Trinajstić information content (AvgIpc) is 3.23. The van der Waals surface area contributed by atoms with Crippen molar-refractivity contribution in [1.29, 1.82) is 0 Å². The number of nitrogens with zero attached hydrogens (tertiary/aromatic N) is 2. The number of hydrogen-bond donors (Lipinski definition) is 0. The number of Topliss-reactive ketones (excluding diaryl/α,β-unsaturated/α-hetero) is 1. The third kappa shape index (κ3) is 5.27. The first kappa shape index (κ1) is 27.9. The molecule has 1 aliphatic heterocycles. The van der Waals surface area contributed by atoms with Gasteiger partial charge in [0.15, 0.2) is 0 Å². The summed E-state index contributed by atoms with van der Waals surface area (Å²) in [5.41, 5.74) is 1.01. The number of benzene rings is 4. The van der Waals surface area contributed by atoms with Crippen LogP contribution in [0, 0.1) is 13.8 Å². The summed E-state index contributed by atoms with van der Waals surface area (Å²) >= 11 is 0. The van der Waals surface area contributed by atoms with Crippen LogP contribution < -0.4 is 0 Å². The fourth-order valence-corrected chi connectivity index (χ4v) is 6.81. The molecule has 0 saturated heterocycles. The maximum atomic E-state index is 13.9. The monoisotopic (exact) mass is 584 g/mol. The lowest BCUT2D eigenvalue weighted by Gasteiger charge is -2.20. The quantitative estimate of drug-likeness (QED) is 0.230. The predicted octanol–water partition coefficient (Wildman–Crippen LogP) is 4.69. The van der Waals surface area contributed by atoms with E-state index in [2.05, 4.69) is 4.40 Å². The van der Waals surface area contributed by atoms with E-state index in [4.69, 9.17) is 0 Å². The second kappa shape index (κ2) is 10.7. The molecule has 1 aliphatic rings. The number of aryl methyl sites for hydroxylation is 2. The minimum absolute atomic E-state index is 0.126. The maximum absolute atomic E-state index is 13.9. The number of carbonyl (C=O) groups excluding carboxylic acids is 2. The van der Waals surface area contributed by atoms with E-state index < -0.39 is 37.3 Å². The largest absolute Gasteiger partial charge is 0.313 e. The minimum atomic E-state index is -4.58. The summed E-state index contributed by atoms with van der Waals surface area (Å²) in [6.07, 6.45) is 0. The Kier molecular flexibility index (Phi) is 7.29. The van der Waals surface area contributed by atoms with Crippen molar-refractivity contribution in [2.45, 2.75) is 23.6 Å². The number of rotatable bonds is 7. The van der Waals surface area contributed by atoms with E-state index in [1.165, 1.54) is 48.5 Å². The van der Waals surface area contributed by atoms with Gasteiger partial charge in [0, 0.05) is 11.1 Å². The molecule has 0 aliphatic carbocycles. The van der Waals surface area contributed by atoms with Crippen molar-refractivity contribution in [3.05, 3.63) is 137 Å². The van der Waals surface area contributed by atoms with Gasteiger partial charge in [-0.25, -0.2) is 8.42 Å². The van der Waals surface area contributed by atoms with Gasteiger partial charge in [-0.05, 0) is 38.1 Å². The molecule has 0 unspecified atom stereocenters. The second-order valence-corrected chi connectivity index (χ2v) is 12.8. The molecule has 0 atom stereocenters. The van der Waals surface area contributed by atoms with Crippen LogP contribution in [-0.2, 0) is 29.6 Å². The number of sulfonamides is 2. The normalized spacial score (nSPS) is 14.6. The summed E-state index contributed by atoms with van der Waals surface area (Å²) < 4.78 is 59.3. The number of ketones is 1. The molecule has 4 aromatic rings. The molecule has 1 heterocycles. The molecule has 1 amide bonds. The fraction of sp³-hybridized carbons (Fsp3) is 0.0645. The van der Waals surface area contributed by atoms with E-state index in [1.807, 2.05) is 0 Å². The minimum Gasteiger partial charge on any atom is -0.283 e. The highest BCUT2D eigenvalue weighted by molar-refractivity contribution is 7.90. The van der Waals surface area contributed by atoms with Gasteiger partial charge in [0.25, 0.3) is 25.8 Å². The molecule has 0 bridgehead atoms. The van der Waals surface area contributed by atoms with Crippen LogP contribution in [0.1, 0.15) is 22.3 Å². The van der Waals surface area contributed by atoms with Crippen LogP contribution in [0.25, 0.3) is 5.70 Å². The van der Waals surface area contributed by atoms with Gasteiger partial charge in [-0.1, -0.05) is 96.1 Å². The van der Waals surface area contributed by atoms with Gasteiger partial charge >= 0.3 is 5.91 Å². The Hall–Kier alpha value is -4.67. The molecule has 4 aromatic carbocycles. The first-order valence-corrected chi connectivity index (χ1v) is 15.4. The number of amides is 1. The Morgan fingerprint density at radius 2 is 1.12 bits per heavy atom. The summed E-state index contributed by atoms with van der Waals surface area (Å²) in [4.78, 5) is 26.9. The van der Waals surface area contributed by atoms with Gasteiger partial charge in [-0.2, -0.15) is 17.1 Å². The molecule has 5 rings (SSSR count). The van der Waals surface area contributed by atoms with E-state index in [-0.39, 0.29) is 32.3 Å². The molecule has 8 nitrogen and oxygen atoms in total. The lowest BCUT2D eigenvalue weighted by molar-refractivity contribution is -0.136. The van der Waals surface area contributed by atoms with Crippen molar-refractivity contribution in [1.82, 2.24) is 4.31 Å². The zero-order valence-electron chi connectivity index (χ0n) is 22.1. The highest BCUT2D eigenvalue weighted by atomic mass is 32.2. The zero-order valence-corrected chi connectivity index (χ0v) is 23.7. The standard InChI is InChI=1S/C31H24N2O6S2/c1-21-13-17-25(18-14-21)40(36,37)32-28(23-9-5-3-6-10-23)27-29(24-11-7-4-8-12-24)33(31(35)30(27)34)41(38,39)26-19-15-22(2)16-20-26/h3-20H,1-2H3. The zero-order chi connectivity index (χ0) is 29.4. The van der Waals surface area contributed by atoms with Crippen molar-refractivity contribution < 1.29 is 26.4 Å². The van der Waals surface area contributed by atoms with Crippen molar-refractivity contribution >= 4 is 43.1 Å². The van der Waals surface area contributed by atoms with Crippen LogP contribution in [0.15, 0.2) is 129 Å². The molecule has 0 spiro atoms. The second-order valence-electron chi connectivity index (χ2n) is 9.40. The Labute approximate surface area is 238 Å². The number of carbonyl (C=O) groups is 2. The first-order chi connectivity index (χ1) is 19.5. The van der Waals surface area contributed by atoms with Crippen LogP contribution in [0.5, 0.6) is 0 Å². The fourth-order valence-electron chi connectivity index (χ4n) is 4.35. The van der Waals surface area contributed by atoms with Gasteiger partial charge in [0.1, 0.15) is 0 Å². The lowest BCUT2D eigenvalue weighted by Crippen LogP contribution is -2.34. The van der Waals surface area contributed by atoms with E-state index in [1.54, 1.807) is 74.5 Å². The van der Waals surface area contributed by atoms with Crippen molar-refractivity contribution in [3.63, 3.8) is 0 Å². The van der Waals surface area contributed by atoms with Crippen LogP contribution in [0.4, 0.5) is 0 Å². The Morgan fingerprint density at radius 3 is 1.66 bits per heavy atom.